The number of benzene rings is 2. The summed E-state index contributed by atoms with van der Waals surface area (Å²) in [6, 6.07) is 12.4. The highest BCUT2D eigenvalue weighted by Crippen LogP contribution is 2.20. The Balaban J connectivity index is 2.09. The molecule has 21 heavy (non-hydrogen) atoms. The quantitative estimate of drug-likeness (QED) is 0.626. The van der Waals surface area contributed by atoms with Gasteiger partial charge >= 0.3 is 10.1 Å². The number of anilines is 1. The van der Waals surface area contributed by atoms with E-state index in [0.29, 0.717) is 17.0 Å². The lowest BCUT2D eigenvalue weighted by atomic mass is 10.2. The van der Waals surface area contributed by atoms with E-state index in [1.165, 1.54) is 18.2 Å². The van der Waals surface area contributed by atoms with Gasteiger partial charge in [0.05, 0.1) is 10.7 Å². The fourth-order valence-corrected chi connectivity index (χ4v) is 2.62. The number of para-hydroxylation sites is 1. The third-order valence-corrected chi connectivity index (χ3v) is 4.07. The Bertz CT molecular complexity index is 749. The first-order valence-electron chi connectivity index (χ1n) is 5.78. The van der Waals surface area contributed by atoms with Gasteiger partial charge in [0.25, 0.3) is 0 Å². The van der Waals surface area contributed by atoms with Gasteiger partial charge in [0.2, 0.25) is 0 Å². The van der Waals surface area contributed by atoms with E-state index >= 15 is 0 Å². The van der Waals surface area contributed by atoms with Gasteiger partial charge in [0.1, 0.15) is 4.90 Å². The second kappa shape index (κ2) is 6.68. The summed E-state index contributed by atoms with van der Waals surface area (Å²) in [6.45, 7) is 0. The van der Waals surface area contributed by atoms with E-state index < -0.39 is 10.1 Å². The molecule has 0 aromatic heterocycles. The minimum atomic E-state index is -4.13. The minimum Gasteiger partial charge on any atom is -0.298 e. The van der Waals surface area contributed by atoms with Gasteiger partial charge in [-0.2, -0.15) is 12.7 Å². The number of carbonyl (C=O) groups is 1. The van der Waals surface area contributed by atoms with Crippen LogP contribution in [-0.2, 0) is 14.4 Å². The standard InChI is InChI=1S/C13H11ClN2O4S/c14-11-6-2-3-7-12(11)15-16-20-21(18,19)13-8-4-1-5-10(13)9-17/h1-9,15-16H. The third-order valence-electron chi connectivity index (χ3n) is 2.53. The van der Waals surface area contributed by atoms with Crippen LogP contribution in [0.4, 0.5) is 5.69 Å². The van der Waals surface area contributed by atoms with Gasteiger partial charge in [-0.15, -0.1) is 0 Å². The van der Waals surface area contributed by atoms with Crippen LogP contribution >= 0.6 is 11.6 Å². The Kier molecular flexibility index (Phi) is 4.92. The average molecular weight is 327 g/mol. The molecule has 2 N–H and O–H groups in total. The van der Waals surface area contributed by atoms with Crippen molar-refractivity contribution in [1.82, 2.24) is 5.59 Å². The molecule has 0 amide bonds. The van der Waals surface area contributed by atoms with Gasteiger partial charge in [-0.1, -0.05) is 47.5 Å². The van der Waals surface area contributed by atoms with E-state index in [-0.39, 0.29) is 10.5 Å². The van der Waals surface area contributed by atoms with Gasteiger partial charge in [0.15, 0.2) is 6.29 Å². The van der Waals surface area contributed by atoms with Crippen molar-refractivity contribution in [2.24, 2.45) is 0 Å². The molecule has 0 aliphatic heterocycles. The van der Waals surface area contributed by atoms with E-state index in [2.05, 4.69) is 15.3 Å². The van der Waals surface area contributed by atoms with Crippen molar-refractivity contribution in [3.8, 4) is 0 Å². The van der Waals surface area contributed by atoms with Crippen LogP contribution in [0.3, 0.4) is 0 Å². The SMILES string of the molecule is O=Cc1ccccc1S(=O)(=O)ONNc1ccccc1Cl. The van der Waals surface area contributed by atoms with Crippen LogP contribution in [0.25, 0.3) is 0 Å². The summed E-state index contributed by atoms with van der Waals surface area (Å²) in [7, 11) is -4.13. The maximum Gasteiger partial charge on any atom is 0.315 e. The summed E-state index contributed by atoms with van der Waals surface area (Å²) in [4.78, 5) is 10.6. The molecule has 0 radical (unpaired) electrons. The smallest absolute Gasteiger partial charge is 0.298 e. The lowest BCUT2D eigenvalue weighted by Crippen LogP contribution is -2.26. The van der Waals surface area contributed by atoms with Crippen molar-refractivity contribution < 1.29 is 17.5 Å². The average Bonchev–Trinajstić information content (AvgIpc) is 2.49. The topological polar surface area (TPSA) is 84.5 Å². The van der Waals surface area contributed by atoms with Gasteiger partial charge in [-0.3, -0.25) is 10.2 Å². The number of hydrazine groups is 1. The van der Waals surface area contributed by atoms with Crippen LogP contribution in [0.1, 0.15) is 10.4 Å². The molecule has 0 heterocycles. The Labute approximate surface area is 126 Å². The van der Waals surface area contributed by atoms with Gasteiger partial charge in [-0.25, -0.2) is 0 Å². The zero-order chi connectivity index (χ0) is 15.3. The van der Waals surface area contributed by atoms with Crippen molar-refractivity contribution in [3.05, 3.63) is 59.1 Å². The van der Waals surface area contributed by atoms with E-state index in [9.17, 15) is 13.2 Å². The molecule has 2 rings (SSSR count). The van der Waals surface area contributed by atoms with Crippen molar-refractivity contribution in [2.45, 2.75) is 4.90 Å². The molecule has 0 saturated heterocycles. The lowest BCUT2D eigenvalue weighted by molar-refractivity contribution is 0.111. The number of rotatable bonds is 6. The summed E-state index contributed by atoms with van der Waals surface area (Å²) in [5, 5.41) is 0.388. The summed E-state index contributed by atoms with van der Waals surface area (Å²) in [6.07, 6.45) is 0.442. The zero-order valence-corrected chi connectivity index (χ0v) is 12.2. The maximum atomic E-state index is 12.0. The summed E-state index contributed by atoms with van der Waals surface area (Å²) in [5.74, 6) is 0. The molecule has 0 aliphatic rings. The van der Waals surface area contributed by atoms with Crippen molar-refractivity contribution in [1.29, 1.82) is 0 Å². The second-order valence-corrected chi connectivity index (χ2v) is 5.82. The molecule has 0 atom stereocenters. The largest absolute Gasteiger partial charge is 0.315 e. The predicted molar refractivity (Wildman–Crippen MR) is 78.3 cm³/mol. The number of carbonyl (C=O) groups excluding carboxylic acids is 1. The molecule has 8 heteroatoms. The van der Waals surface area contributed by atoms with Crippen LogP contribution < -0.4 is 11.0 Å². The first kappa shape index (κ1) is 15.5. The Morgan fingerprint density at radius 2 is 1.71 bits per heavy atom. The van der Waals surface area contributed by atoms with Gasteiger partial charge < -0.3 is 0 Å². The van der Waals surface area contributed by atoms with Crippen molar-refractivity contribution >= 4 is 33.7 Å². The molecule has 2 aromatic rings. The molecule has 110 valence electrons. The number of hydrogen-bond donors (Lipinski definition) is 2. The van der Waals surface area contributed by atoms with Crippen LogP contribution in [0.2, 0.25) is 5.02 Å². The highest BCUT2D eigenvalue weighted by molar-refractivity contribution is 7.86. The highest BCUT2D eigenvalue weighted by atomic mass is 35.5. The van der Waals surface area contributed by atoms with Crippen LogP contribution in [-0.4, -0.2) is 14.7 Å². The first-order chi connectivity index (χ1) is 10.0. The Hall–Kier alpha value is -1.93. The molecule has 2 aromatic carbocycles. The Morgan fingerprint density at radius 1 is 1.05 bits per heavy atom. The monoisotopic (exact) mass is 326 g/mol. The summed E-state index contributed by atoms with van der Waals surface area (Å²) in [5.41, 5.74) is 5.05. The molecular formula is C13H11ClN2O4S. The van der Waals surface area contributed by atoms with Crippen LogP contribution in [0.15, 0.2) is 53.4 Å². The molecule has 0 saturated carbocycles. The minimum absolute atomic E-state index is 0.0112. The van der Waals surface area contributed by atoms with E-state index in [0.717, 1.165) is 0 Å². The van der Waals surface area contributed by atoms with E-state index in [1.807, 2.05) is 0 Å². The van der Waals surface area contributed by atoms with Crippen LogP contribution in [0.5, 0.6) is 0 Å². The molecule has 0 fully saturated rings. The molecule has 0 bridgehead atoms. The molecule has 0 aliphatic carbocycles. The number of hydrogen-bond acceptors (Lipinski definition) is 6. The Morgan fingerprint density at radius 3 is 2.43 bits per heavy atom. The second-order valence-electron chi connectivity index (χ2n) is 3.90. The normalized spacial score (nSPS) is 11.1. The highest BCUT2D eigenvalue weighted by Gasteiger charge is 2.19. The van der Waals surface area contributed by atoms with Gasteiger partial charge in [0, 0.05) is 5.56 Å². The first-order valence-corrected chi connectivity index (χ1v) is 7.56. The van der Waals surface area contributed by atoms with Crippen molar-refractivity contribution in [2.75, 3.05) is 5.43 Å². The number of nitrogens with one attached hydrogen (secondary N) is 2. The lowest BCUT2D eigenvalue weighted by Gasteiger charge is -2.10. The predicted octanol–water partition coefficient (Wildman–Crippen LogP) is 2.39. The van der Waals surface area contributed by atoms with E-state index in [4.69, 9.17) is 11.6 Å². The maximum absolute atomic E-state index is 12.0. The summed E-state index contributed by atoms with van der Waals surface area (Å²) < 4.78 is 28.6. The fraction of sp³-hybridized carbons (Fsp3) is 0. The van der Waals surface area contributed by atoms with Crippen molar-refractivity contribution in [3.63, 3.8) is 0 Å². The molecular weight excluding hydrogens is 316 g/mol. The number of halogens is 1. The fourth-order valence-electron chi connectivity index (χ4n) is 1.54. The van der Waals surface area contributed by atoms with E-state index in [1.54, 1.807) is 30.3 Å². The third kappa shape index (κ3) is 3.79. The number of aldehydes is 1. The molecule has 6 nitrogen and oxygen atoms in total. The molecule has 0 unspecified atom stereocenters. The van der Waals surface area contributed by atoms with Crippen LogP contribution in [0, 0.1) is 0 Å². The zero-order valence-electron chi connectivity index (χ0n) is 10.6. The molecule has 0 spiro atoms. The summed E-state index contributed by atoms with van der Waals surface area (Å²) >= 11 is 5.89. The van der Waals surface area contributed by atoms with Gasteiger partial charge in [-0.05, 0) is 18.2 Å².